The fraction of sp³-hybridized carbons (Fsp3) is 0.600. The third-order valence-corrected chi connectivity index (χ3v) is 8.60. The van der Waals surface area contributed by atoms with E-state index >= 15 is 0 Å². The zero-order valence-corrected chi connectivity index (χ0v) is 22.1. The molecular weight excluding hydrogens is 468 g/mol. The van der Waals surface area contributed by atoms with E-state index in [0.717, 1.165) is 5.56 Å². The number of hydrogen-bond acceptors (Lipinski definition) is 7. The van der Waals surface area contributed by atoms with Gasteiger partial charge in [-0.1, -0.05) is 70.2 Å². The second kappa shape index (κ2) is 14.3. The molecule has 0 aliphatic carbocycles. The van der Waals surface area contributed by atoms with E-state index in [4.69, 9.17) is 11.6 Å². The quantitative estimate of drug-likeness (QED) is 0.0794. The van der Waals surface area contributed by atoms with Gasteiger partial charge in [0.2, 0.25) is 11.8 Å². The number of sulfone groups is 1. The van der Waals surface area contributed by atoms with E-state index in [0.29, 0.717) is 19.4 Å². The molecule has 7 N–H and O–H groups in total. The summed E-state index contributed by atoms with van der Waals surface area (Å²) in [6, 6.07) is 9.12. The Balaban J connectivity index is 3.97. The minimum Gasteiger partial charge on any atom is -0.330 e. The molecule has 9 nitrogen and oxygen atoms in total. The van der Waals surface area contributed by atoms with Crippen LogP contribution in [0.2, 0.25) is 0 Å². The Morgan fingerprint density at radius 1 is 1.06 bits per heavy atom. The summed E-state index contributed by atoms with van der Waals surface area (Å²) in [6.45, 7) is 7.77. The molecule has 0 radical (unpaired) electrons. The SMILES string of the molecule is CC(C)C[C@@H](C(=O)NN)[C@@H](C(=O)NO)C(/C=C/c1ccccc1)(CC(C)C)S(=O)(=O)CCCCN. The molecule has 1 aromatic rings. The van der Waals surface area contributed by atoms with Crippen molar-refractivity contribution in [2.75, 3.05) is 12.3 Å². The monoisotopic (exact) mass is 510 g/mol. The number of unbranched alkanes of at least 4 members (excludes halogenated alkanes) is 1. The van der Waals surface area contributed by atoms with E-state index < -0.39 is 38.2 Å². The highest BCUT2D eigenvalue weighted by molar-refractivity contribution is 7.93. The molecule has 0 aromatic heterocycles. The maximum atomic E-state index is 14.1. The molecule has 0 aliphatic heterocycles. The average molecular weight is 511 g/mol. The van der Waals surface area contributed by atoms with Crippen molar-refractivity contribution in [2.45, 2.75) is 58.1 Å². The number of nitrogens with two attached hydrogens (primary N) is 2. The molecule has 1 aromatic carbocycles. The molecule has 1 rings (SSSR count). The third kappa shape index (κ3) is 8.42. The van der Waals surface area contributed by atoms with Crippen LogP contribution >= 0.6 is 0 Å². The summed E-state index contributed by atoms with van der Waals surface area (Å²) >= 11 is 0. The van der Waals surface area contributed by atoms with E-state index in [-0.39, 0.29) is 30.4 Å². The second-order valence-corrected chi connectivity index (χ2v) is 12.2. The highest BCUT2D eigenvalue weighted by Gasteiger charge is 2.55. The van der Waals surface area contributed by atoms with Gasteiger partial charge in [-0.2, -0.15) is 0 Å². The highest BCUT2D eigenvalue weighted by Crippen LogP contribution is 2.43. The summed E-state index contributed by atoms with van der Waals surface area (Å²) in [5, 5.41) is 9.71. The Morgan fingerprint density at radius 3 is 2.17 bits per heavy atom. The van der Waals surface area contributed by atoms with Crippen molar-refractivity contribution in [3.8, 4) is 0 Å². The number of rotatable bonds is 15. The molecule has 0 saturated heterocycles. The first-order chi connectivity index (χ1) is 16.5. The Hall–Kier alpha value is -2.27. The van der Waals surface area contributed by atoms with Crippen LogP contribution in [0.5, 0.6) is 0 Å². The molecule has 3 atom stereocenters. The number of carbonyl (C=O) groups is 2. The van der Waals surface area contributed by atoms with Gasteiger partial charge in [0.15, 0.2) is 9.84 Å². The van der Waals surface area contributed by atoms with E-state index in [9.17, 15) is 23.2 Å². The predicted molar refractivity (Wildman–Crippen MR) is 138 cm³/mol. The van der Waals surface area contributed by atoms with Gasteiger partial charge in [0.25, 0.3) is 0 Å². The van der Waals surface area contributed by atoms with Crippen LogP contribution in [0.25, 0.3) is 6.08 Å². The van der Waals surface area contributed by atoms with E-state index in [1.54, 1.807) is 11.6 Å². The van der Waals surface area contributed by atoms with Gasteiger partial charge in [0, 0.05) is 0 Å². The lowest BCUT2D eigenvalue weighted by molar-refractivity contribution is -0.142. The number of amides is 2. The van der Waals surface area contributed by atoms with Crippen LogP contribution in [0.1, 0.15) is 58.9 Å². The molecule has 10 heteroatoms. The van der Waals surface area contributed by atoms with Gasteiger partial charge in [-0.25, -0.2) is 19.7 Å². The number of carbonyl (C=O) groups excluding carboxylic acids is 2. The lowest BCUT2D eigenvalue weighted by atomic mass is 9.72. The van der Waals surface area contributed by atoms with Crippen molar-refractivity contribution < 1.29 is 23.2 Å². The van der Waals surface area contributed by atoms with Crippen LogP contribution in [-0.2, 0) is 19.4 Å². The summed E-state index contributed by atoms with van der Waals surface area (Å²) in [5.41, 5.74) is 10.1. The Bertz CT molecular complexity index is 934. The summed E-state index contributed by atoms with van der Waals surface area (Å²) < 4.78 is 26.5. The van der Waals surface area contributed by atoms with Gasteiger partial charge in [-0.05, 0) is 49.6 Å². The van der Waals surface area contributed by atoms with Gasteiger partial charge in [0.1, 0.15) is 4.75 Å². The summed E-state index contributed by atoms with van der Waals surface area (Å²) in [5.74, 6) is 0.905. The van der Waals surface area contributed by atoms with Gasteiger partial charge in [-0.15, -0.1) is 0 Å². The first kappa shape index (κ1) is 30.8. The maximum absolute atomic E-state index is 14.1. The van der Waals surface area contributed by atoms with Gasteiger partial charge in [0.05, 0.1) is 17.6 Å². The molecule has 0 aliphatic rings. The molecule has 2 amide bonds. The second-order valence-electron chi connectivity index (χ2n) is 9.81. The van der Waals surface area contributed by atoms with Gasteiger partial charge >= 0.3 is 0 Å². The minimum atomic E-state index is -4.03. The predicted octanol–water partition coefficient (Wildman–Crippen LogP) is 2.41. The van der Waals surface area contributed by atoms with Crippen LogP contribution in [0.15, 0.2) is 36.4 Å². The zero-order valence-electron chi connectivity index (χ0n) is 21.2. The van der Waals surface area contributed by atoms with Crippen LogP contribution in [0.3, 0.4) is 0 Å². The van der Waals surface area contributed by atoms with Crippen molar-refractivity contribution in [1.82, 2.24) is 10.9 Å². The number of hydroxylamine groups is 1. The summed E-state index contributed by atoms with van der Waals surface area (Å²) in [4.78, 5) is 26.2. The number of benzene rings is 1. The minimum absolute atomic E-state index is 0.0545. The third-order valence-electron chi connectivity index (χ3n) is 6.06. The molecular formula is C25H42N4O5S. The highest BCUT2D eigenvalue weighted by atomic mass is 32.2. The largest absolute Gasteiger partial charge is 0.330 e. The van der Waals surface area contributed by atoms with E-state index in [2.05, 4.69) is 5.43 Å². The number of hydrogen-bond donors (Lipinski definition) is 5. The normalized spacial score (nSPS) is 15.7. The molecule has 198 valence electrons. The van der Waals surface area contributed by atoms with Crippen LogP contribution in [-0.4, -0.2) is 42.5 Å². The Labute approximate surface area is 209 Å². The Kier molecular flexibility index (Phi) is 12.6. The van der Waals surface area contributed by atoms with Crippen molar-refractivity contribution in [3.05, 3.63) is 42.0 Å². The molecule has 0 saturated carbocycles. The summed E-state index contributed by atoms with van der Waals surface area (Å²) in [7, 11) is -4.03. The standard InChI is InChI=1S/C25H42N4O5S/c1-18(2)16-21(23(30)28-27)22(24(31)29-32)25(17-19(3)4,35(33,34)15-9-8-14-26)13-12-20-10-6-5-7-11-20/h5-7,10-13,18-19,21-22,32H,8-9,14-17,26-27H2,1-4H3,(H,28,30)(H,29,31)/b13-12+/t21-,22+,25?/m1/s1. The molecule has 0 bridgehead atoms. The van der Waals surface area contributed by atoms with Crippen molar-refractivity contribution in [3.63, 3.8) is 0 Å². The molecule has 1 unspecified atom stereocenters. The van der Waals surface area contributed by atoms with Crippen molar-refractivity contribution in [1.29, 1.82) is 0 Å². The first-order valence-corrected chi connectivity index (χ1v) is 13.7. The molecule has 35 heavy (non-hydrogen) atoms. The van der Waals surface area contributed by atoms with Crippen LogP contribution in [0, 0.1) is 23.7 Å². The van der Waals surface area contributed by atoms with Crippen molar-refractivity contribution >= 4 is 27.7 Å². The lowest BCUT2D eigenvalue weighted by Gasteiger charge is -2.41. The molecule has 0 fully saturated rings. The topological polar surface area (TPSA) is 165 Å². The van der Waals surface area contributed by atoms with E-state index in [1.807, 2.05) is 58.0 Å². The smallest absolute Gasteiger partial charge is 0.249 e. The maximum Gasteiger partial charge on any atom is 0.249 e. The molecule has 0 spiro atoms. The van der Waals surface area contributed by atoms with Crippen molar-refractivity contribution in [2.24, 2.45) is 35.2 Å². The van der Waals surface area contributed by atoms with E-state index in [1.165, 1.54) is 6.08 Å². The fourth-order valence-electron chi connectivity index (χ4n) is 4.61. The zero-order chi connectivity index (χ0) is 26.6. The van der Waals surface area contributed by atoms with Crippen LogP contribution < -0.4 is 22.5 Å². The summed E-state index contributed by atoms with van der Waals surface area (Å²) in [6.07, 6.45) is 4.24. The Morgan fingerprint density at radius 2 is 1.69 bits per heavy atom. The molecule has 0 heterocycles. The van der Waals surface area contributed by atoms with Gasteiger partial charge in [-0.3, -0.25) is 20.2 Å². The number of hydrazine groups is 1. The fourth-order valence-corrected chi connectivity index (χ4v) is 7.10. The first-order valence-electron chi connectivity index (χ1n) is 12.1. The van der Waals surface area contributed by atoms with Crippen LogP contribution in [0.4, 0.5) is 0 Å². The average Bonchev–Trinajstić information content (AvgIpc) is 2.81. The van der Waals surface area contributed by atoms with Gasteiger partial charge < -0.3 is 5.73 Å². The number of nitrogens with one attached hydrogen (secondary N) is 2. The lowest BCUT2D eigenvalue weighted by Crippen LogP contribution is -2.58.